The van der Waals surface area contributed by atoms with Gasteiger partial charge in [-0.1, -0.05) is 5.21 Å². The number of rotatable bonds is 1. The average Bonchev–Trinajstić information content (AvgIpc) is 1.89. The van der Waals surface area contributed by atoms with Gasteiger partial charge in [0.2, 0.25) is 0 Å². The van der Waals surface area contributed by atoms with Crippen molar-refractivity contribution in [3.63, 3.8) is 0 Å². The summed E-state index contributed by atoms with van der Waals surface area (Å²) >= 11 is 0. The Kier molecular flexibility index (Phi) is 6.86. The molecule has 64 valence electrons. The van der Waals surface area contributed by atoms with Crippen LogP contribution in [-0.4, -0.2) is 15.4 Å². The van der Waals surface area contributed by atoms with Crippen molar-refractivity contribution in [1.82, 2.24) is 15.4 Å². The van der Waals surface area contributed by atoms with E-state index < -0.39 is 0 Å². The molecule has 0 aliphatic rings. The van der Waals surface area contributed by atoms with Crippen molar-refractivity contribution in [1.29, 1.82) is 0 Å². The smallest absolute Gasteiger partial charge is 0.291 e. The highest BCUT2D eigenvalue weighted by Crippen LogP contribution is 1.84. The molecule has 8 heteroatoms. The molecule has 1 rings (SSSR count). The Morgan fingerprint density at radius 1 is 1.55 bits per heavy atom. The van der Waals surface area contributed by atoms with Crippen LogP contribution in [0.3, 0.4) is 0 Å². The van der Waals surface area contributed by atoms with Crippen molar-refractivity contribution in [2.75, 3.05) is 5.43 Å². The predicted octanol–water partition coefficient (Wildman–Crippen LogP) is -0.706. The molecule has 0 atom stereocenters. The van der Waals surface area contributed by atoms with Crippen molar-refractivity contribution in [3.05, 3.63) is 16.6 Å². The lowest BCUT2D eigenvalue weighted by molar-refractivity contribution is 0.841. The Balaban J connectivity index is 0. The molecule has 0 saturated carbocycles. The molecule has 0 radical (unpaired) electrons. The van der Waals surface area contributed by atoms with Crippen molar-refractivity contribution in [2.24, 2.45) is 5.84 Å². The van der Waals surface area contributed by atoms with Gasteiger partial charge >= 0.3 is 0 Å². The first kappa shape index (κ1) is 12.8. The molecule has 1 aromatic heterocycles. The van der Waals surface area contributed by atoms with E-state index in [0.717, 1.165) is 0 Å². The quantitative estimate of drug-likeness (QED) is 0.411. The average molecular weight is 200 g/mol. The Morgan fingerprint density at radius 2 is 2.18 bits per heavy atom. The van der Waals surface area contributed by atoms with E-state index in [0.29, 0.717) is 0 Å². The molecule has 6 nitrogen and oxygen atoms in total. The Bertz CT molecular complexity index is 249. The number of nitrogen functional groups attached to an aromatic ring is 1. The molecule has 0 unspecified atom stereocenters. The summed E-state index contributed by atoms with van der Waals surface area (Å²) in [5, 5.41) is 8.67. The standard InChI is InChI=1S/C3H5N5O.2ClH/c4-6-2-1-5-8-7-3(2)9;;/h1H,4H2,(H,6,8)(H,5,7,9);2*1H. The Morgan fingerprint density at radius 3 is 2.55 bits per heavy atom. The van der Waals surface area contributed by atoms with E-state index in [9.17, 15) is 4.79 Å². The fourth-order valence-corrected chi connectivity index (χ4v) is 0.383. The highest BCUT2D eigenvalue weighted by molar-refractivity contribution is 5.85. The van der Waals surface area contributed by atoms with Crippen molar-refractivity contribution >= 4 is 30.5 Å². The van der Waals surface area contributed by atoms with Gasteiger partial charge in [-0.2, -0.15) is 0 Å². The van der Waals surface area contributed by atoms with Crippen LogP contribution in [0.15, 0.2) is 11.0 Å². The van der Waals surface area contributed by atoms with Gasteiger partial charge in [0.15, 0.2) is 0 Å². The summed E-state index contributed by atoms with van der Waals surface area (Å²) < 4.78 is 0. The maximum atomic E-state index is 10.5. The minimum absolute atomic E-state index is 0. The Labute approximate surface area is 74.4 Å². The van der Waals surface area contributed by atoms with Gasteiger partial charge in [-0.05, 0) is 0 Å². The van der Waals surface area contributed by atoms with Crippen LogP contribution in [-0.2, 0) is 0 Å². The third kappa shape index (κ3) is 3.17. The number of anilines is 1. The number of nitrogens with one attached hydrogen (secondary N) is 2. The van der Waals surface area contributed by atoms with Crippen LogP contribution in [0.4, 0.5) is 5.69 Å². The molecular formula is C3H7Cl2N5O. The van der Waals surface area contributed by atoms with Crippen LogP contribution in [0.1, 0.15) is 0 Å². The number of aromatic nitrogens is 3. The first-order valence-electron chi connectivity index (χ1n) is 2.21. The van der Waals surface area contributed by atoms with E-state index in [1.807, 2.05) is 0 Å². The molecule has 11 heavy (non-hydrogen) atoms. The van der Waals surface area contributed by atoms with E-state index in [-0.39, 0.29) is 36.1 Å². The van der Waals surface area contributed by atoms with Gasteiger partial charge in [-0.15, -0.1) is 29.9 Å². The summed E-state index contributed by atoms with van der Waals surface area (Å²) in [6.07, 6.45) is 1.23. The van der Waals surface area contributed by atoms with Gasteiger partial charge in [0.05, 0.1) is 6.20 Å². The molecule has 0 amide bonds. The minimum atomic E-state index is -0.382. The SMILES string of the molecule is Cl.Cl.NNc1cnn[nH]c1=O. The van der Waals surface area contributed by atoms with Crippen molar-refractivity contribution in [3.8, 4) is 0 Å². The summed E-state index contributed by atoms with van der Waals surface area (Å²) in [5.74, 6) is 4.91. The fourth-order valence-electron chi connectivity index (χ4n) is 0.383. The minimum Gasteiger partial charge on any atom is -0.318 e. The zero-order valence-corrected chi connectivity index (χ0v) is 6.91. The molecule has 0 aliphatic carbocycles. The molecule has 1 aromatic rings. The van der Waals surface area contributed by atoms with Gasteiger partial charge in [-0.3, -0.25) is 10.6 Å². The van der Waals surface area contributed by atoms with E-state index in [4.69, 9.17) is 5.84 Å². The first-order valence-corrected chi connectivity index (χ1v) is 2.21. The number of nitrogens with two attached hydrogens (primary N) is 1. The van der Waals surface area contributed by atoms with Crippen LogP contribution in [0, 0.1) is 0 Å². The largest absolute Gasteiger partial charge is 0.318 e. The zero-order chi connectivity index (χ0) is 6.69. The number of hydrogen-bond acceptors (Lipinski definition) is 5. The summed E-state index contributed by atoms with van der Waals surface area (Å²) in [6.45, 7) is 0. The third-order valence-electron chi connectivity index (χ3n) is 0.796. The van der Waals surface area contributed by atoms with Gasteiger partial charge in [-0.25, -0.2) is 5.10 Å². The number of H-pyrrole nitrogens is 1. The number of hydrazine groups is 1. The number of nitrogens with zero attached hydrogens (tertiary/aromatic N) is 2. The first-order chi connectivity index (χ1) is 4.34. The van der Waals surface area contributed by atoms with E-state index in [1.165, 1.54) is 6.20 Å². The highest BCUT2D eigenvalue weighted by atomic mass is 35.5. The summed E-state index contributed by atoms with van der Waals surface area (Å²) in [7, 11) is 0. The molecule has 0 spiro atoms. The fraction of sp³-hybridized carbons (Fsp3) is 0. The molecule has 0 fully saturated rings. The summed E-state index contributed by atoms with van der Waals surface area (Å²) in [6, 6.07) is 0. The number of hydrogen-bond donors (Lipinski definition) is 3. The van der Waals surface area contributed by atoms with Crippen molar-refractivity contribution < 1.29 is 0 Å². The molecule has 0 saturated heterocycles. The predicted molar refractivity (Wildman–Crippen MR) is 45.0 cm³/mol. The summed E-state index contributed by atoms with van der Waals surface area (Å²) in [4.78, 5) is 10.5. The molecule has 0 aromatic carbocycles. The van der Waals surface area contributed by atoms with Crippen LogP contribution in [0.5, 0.6) is 0 Å². The zero-order valence-electron chi connectivity index (χ0n) is 5.27. The molecule has 0 aliphatic heterocycles. The highest BCUT2D eigenvalue weighted by Gasteiger charge is 1.91. The number of aromatic amines is 1. The van der Waals surface area contributed by atoms with E-state index in [1.54, 1.807) is 0 Å². The lowest BCUT2D eigenvalue weighted by Crippen LogP contribution is -2.19. The second-order valence-corrected chi connectivity index (χ2v) is 1.34. The molecule has 4 N–H and O–H groups in total. The molecule has 0 bridgehead atoms. The topological polar surface area (TPSA) is 96.7 Å². The van der Waals surface area contributed by atoms with Gasteiger partial charge in [0.25, 0.3) is 5.56 Å². The normalized spacial score (nSPS) is 7.36. The van der Waals surface area contributed by atoms with Crippen LogP contribution < -0.4 is 16.8 Å². The van der Waals surface area contributed by atoms with Crippen molar-refractivity contribution in [2.45, 2.75) is 0 Å². The maximum absolute atomic E-state index is 10.5. The monoisotopic (exact) mass is 199 g/mol. The van der Waals surface area contributed by atoms with Crippen LogP contribution in [0.25, 0.3) is 0 Å². The maximum Gasteiger partial charge on any atom is 0.291 e. The molecular weight excluding hydrogens is 193 g/mol. The van der Waals surface area contributed by atoms with E-state index >= 15 is 0 Å². The van der Waals surface area contributed by atoms with Crippen LogP contribution in [0.2, 0.25) is 0 Å². The van der Waals surface area contributed by atoms with Gasteiger partial charge < -0.3 is 5.43 Å². The second-order valence-electron chi connectivity index (χ2n) is 1.34. The third-order valence-corrected chi connectivity index (χ3v) is 0.796. The Hall–Kier alpha value is -0.850. The molecule has 1 heterocycles. The second kappa shape index (κ2) is 5.90. The lowest BCUT2D eigenvalue weighted by atomic mass is 10.6. The lowest BCUT2D eigenvalue weighted by Gasteiger charge is -1.91. The van der Waals surface area contributed by atoms with Crippen LogP contribution >= 0.6 is 24.8 Å². The van der Waals surface area contributed by atoms with Gasteiger partial charge in [0.1, 0.15) is 5.69 Å². The van der Waals surface area contributed by atoms with Gasteiger partial charge in [0, 0.05) is 0 Å². The summed E-state index contributed by atoms with van der Waals surface area (Å²) in [5.41, 5.74) is 1.97. The van der Waals surface area contributed by atoms with E-state index in [2.05, 4.69) is 20.8 Å². The number of halogens is 2.